The van der Waals surface area contributed by atoms with Crippen LogP contribution in [0.25, 0.3) is 0 Å². The Kier molecular flexibility index (Phi) is 7.83. The molecule has 0 spiro atoms. The third-order valence-electron chi connectivity index (χ3n) is 4.41. The molecule has 3 aromatic rings. The van der Waals surface area contributed by atoms with E-state index in [1.165, 1.54) is 11.3 Å². The maximum atomic E-state index is 12.7. The number of nitrogens with one attached hydrogen (secondary N) is 3. The summed E-state index contributed by atoms with van der Waals surface area (Å²) in [5.41, 5.74) is 2.06. The van der Waals surface area contributed by atoms with E-state index >= 15 is 0 Å². The van der Waals surface area contributed by atoms with Crippen LogP contribution in [0.5, 0.6) is 0 Å². The molecule has 0 saturated heterocycles. The molecule has 1 unspecified atom stereocenters. The molecule has 2 amide bonds. The van der Waals surface area contributed by atoms with E-state index in [0.29, 0.717) is 17.8 Å². The van der Waals surface area contributed by atoms with Crippen LogP contribution in [0.3, 0.4) is 0 Å². The van der Waals surface area contributed by atoms with Crippen molar-refractivity contribution in [2.75, 3.05) is 18.4 Å². The Morgan fingerprint density at radius 1 is 0.862 bits per heavy atom. The van der Waals surface area contributed by atoms with Gasteiger partial charge in [0.1, 0.15) is 6.04 Å². The minimum Gasteiger partial charge on any atom is -0.385 e. The molecule has 2 aromatic carbocycles. The molecular weight excluding hydrogens is 382 g/mol. The maximum absolute atomic E-state index is 12.7. The Morgan fingerprint density at radius 2 is 1.59 bits per heavy atom. The molecule has 0 aliphatic carbocycles. The Bertz CT molecular complexity index is 883. The summed E-state index contributed by atoms with van der Waals surface area (Å²) in [6.07, 6.45) is 1.24. The van der Waals surface area contributed by atoms with Crippen LogP contribution >= 0.6 is 11.3 Å². The third kappa shape index (κ3) is 6.76. The Labute approximate surface area is 175 Å². The summed E-state index contributed by atoms with van der Waals surface area (Å²) in [7, 11) is 0. The summed E-state index contributed by atoms with van der Waals surface area (Å²) in [5, 5.41) is 11.0. The van der Waals surface area contributed by atoms with Gasteiger partial charge in [0.25, 0.3) is 5.91 Å². The predicted molar refractivity (Wildman–Crippen MR) is 118 cm³/mol. The van der Waals surface area contributed by atoms with Crippen molar-refractivity contribution in [3.63, 3.8) is 0 Å². The van der Waals surface area contributed by atoms with Crippen molar-refractivity contribution in [2.45, 2.75) is 18.9 Å². The second-order valence-corrected chi connectivity index (χ2v) is 7.58. The van der Waals surface area contributed by atoms with E-state index in [4.69, 9.17) is 0 Å². The second-order valence-electron chi connectivity index (χ2n) is 6.63. The van der Waals surface area contributed by atoms with Gasteiger partial charge < -0.3 is 16.0 Å². The second kappa shape index (κ2) is 11.0. The van der Waals surface area contributed by atoms with Gasteiger partial charge in [-0.15, -0.1) is 11.3 Å². The van der Waals surface area contributed by atoms with Gasteiger partial charge in [-0.1, -0.05) is 54.6 Å². The lowest BCUT2D eigenvalue weighted by Crippen LogP contribution is -2.48. The topological polar surface area (TPSA) is 70.2 Å². The van der Waals surface area contributed by atoms with Crippen molar-refractivity contribution in [2.24, 2.45) is 0 Å². The lowest BCUT2D eigenvalue weighted by molar-refractivity contribution is -0.122. The molecule has 3 N–H and O–H groups in total. The molecule has 150 valence electrons. The standard InChI is InChI=1S/C23H25N3O2S/c27-22(25-15-8-14-24-19-11-5-2-6-12-19)20(17-18-9-3-1-4-10-18)26-23(28)21-13-7-16-29-21/h1-7,9-13,16,20,24H,8,14-15,17H2,(H,25,27)(H,26,28). The number of benzene rings is 2. The molecule has 3 rings (SSSR count). The van der Waals surface area contributed by atoms with Crippen LogP contribution < -0.4 is 16.0 Å². The maximum Gasteiger partial charge on any atom is 0.262 e. The van der Waals surface area contributed by atoms with Crippen molar-refractivity contribution >= 4 is 28.8 Å². The Morgan fingerprint density at radius 3 is 2.28 bits per heavy atom. The van der Waals surface area contributed by atoms with Crippen molar-refractivity contribution in [1.82, 2.24) is 10.6 Å². The van der Waals surface area contributed by atoms with E-state index in [9.17, 15) is 9.59 Å². The van der Waals surface area contributed by atoms with Crippen LogP contribution in [-0.4, -0.2) is 30.9 Å². The van der Waals surface area contributed by atoms with Crippen molar-refractivity contribution in [3.05, 3.63) is 88.6 Å². The smallest absolute Gasteiger partial charge is 0.262 e. The van der Waals surface area contributed by atoms with Crippen molar-refractivity contribution < 1.29 is 9.59 Å². The van der Waals surface area contributed by atoms with Gasteiger partial charge in [0.05, 0.1) is 4.88 Å². The first-order valence-corrected chi connectivity index (χ1v) is 10.6. The first kappa shape index (κ1) is 20.6. The van der Waals surface area contributed by atoms with Gasteiger partial charge in [-0.05, 0) is 35.6 Å². The molecule has 0 aliphatic rings. The van der Waals surface area contributed by atoms with E-state index in [0.717, 1.165) is 24.2 Å². The number of anilines is 1. The molecule has 0 bridgehead atoms. The molecule has 1 atom stereocenters. The summed E-state index contributed by atoms with van der Waals surface area (Å²) in [6, 6.07) is 22.6. The van der Waals surface area contributed by atoms with Gasteiger partial charge in [-0.3, -0.25) is 9.59 Å². The molecule has 1 heterocycles. The van der Waals surface area contributed by atoms with Crippen LogP contribution in [0.2, 0.25) is 0 Å². The Hall–Kier alpha value is -3.12. The lowest BCUT2D eigenvalue weighted by Gasteiger charge is -2.18. The van der Waals surface area contributed by atoms with E-state index in [2.05, 4.69) is 16.0 Å². The summed E-state index contributed by atoms with van der Waals surface area (Å²) >= 11 is 1.36. The summed E-state index contributed by atoms with van der Waals surface area (Å²) in [5.74, 6) is -0.389. The van der Waals surface area contributed by atoms with E-state index in [-0.39, 0.29) is 11.8 Å². The molecule has 6 heteroatoms. The third-order valence-corrected chi connectivity index (χ3v) is 5.27. The number of para-hydroxylation sites is 1. The molecule has 0 saturated carbocycles. The minimum atomic E-state index is -0.617. The van der Waals surface area contributed by atoms with Crippen LogP contribution in [-0.2, 0) is 11.2 Å². The zero-order chi connectivity index (χ0) is 20.3. The SMILES string of the molecule is O=C(NC(Cc1ccccc1)C(=O)NCCCNc1ccccc1)c1cccs1. The molecule has 29 heavy (non-hydrogen) atoms. The lowest BCUT2D eigenvalue weighted by atomic mass is 10.1. The van der Waals surface area contributed by atoms with Crippen LogP contribution in [0.4, 0.5) is 5.69 Å². The molecule has 0 radical (unpaired) electrons. The van der Waals surface area contributed by atoms with E-state index < -0.39 is 6.04 Å². The van der Waals surface area contributed by atoms with Gasteiger partial charge in [0.15, 0.2) is 0 Å². The molecule has 5 nitrogen and oxygen atoms in total. The number of amides is 2. The number of hydrogen-bond acceptors (Lipinski definition) is 4. The summed E-state index contributed by atoms with van der Waals surface area (Å²) in [6.45, 7) is 1.30. The number of thiophene rings is 1. The minimum absolute atomic E-state index is 0.168. The van der Waals surface area contributed by atoms with Gasteiger partial charge in [-0.2, -0.15) is 0 Å². The molecule has 0 fully saturated rings. The largest absolute Gasteiger partial charge is 0.385 e. The van der Waals surface area contributed by atoms with E-state index in [1.54, 1.807) is 6.07 Å². The van der Waals surface area contributed by atoms with Crippen LogP contribution in [0, 0.1) is 0 Å². The first-order valence-electron chi connectivity index (χ1n) is 9.67. The monoisotopic (exact) mass is 407 g/mol. The fourth-order valence-electron chi connectivity index (χ4n) is 2.91. The zero-order valence-corrected chi connectivity index (χ0v) is 17.0. The highest BCUT2D eigenvalue weighted by molar-refractivity contribution is 7.12. The Balaban J connectivity index is 1.51. The quantitative estimate of drug-likeness (QED) is 0.449. The van der Waals surface area contributed by atoms with Crippen LogP contribution in [0.15, 0.2) is 78.2 Å². The highest BCUT2D eigenvalue weighted by Crippen LogP contribution is 2.10. The number of hydrogen-bond donors (Lipinski definition) is 3. The van der Waals surface area contributed by atoms with Crippen molar-refractivity contribution in [3.8, 4) is 0 Å². The average molecular weight is 408 g/mol. The fraction of sp³-hybridized carbons (Fsp3) is 0.217. The fourth-order valence-corrected chi connectivity index (χ4v) is 3.53. The highest BCUT2D eigenvalue weighted by atomic mass is 32.1. The van der Waals surface area contributed by atoms with Gasteiger partial charge in [0.2, 0.25) is 5.91 Å². The average Bonchev–Trinajstić information content (AvgIpc) is 3.29. The molecule has 0 aliphatic heterocycles. The van der Waals surface area contributed by atoms with Gasteiger partial charge in [-0.25, -0.2) is 0 Å². The predicted octanol–water partition coefficient (Wildman–Crippen LogP) is 3.71. The highest BCUT2D eigenvalue weighted by Gasteiger charge is 2.22. The number of rotatable bonds is 10. The zero-order valence-electron chi connectivity index (χ0n) is 16.1. The van der Waals surface area contributed by atoms with Gasteiger partial charge in [0, 0.05) is 25.2 Å². The van der Waals surface area contributed by atoms with E-state index in [1.807, 2.05) is 72.1 Å². The number of carbonyl (C=O) groups is 2. The summed E-state index contributed by atoms with van der Waals surface area (Å²) in [4.78, 5) is 25.8. The molecule has 1 aromatic heterocycles. The van der Waals surface area contributed by atoms with Crippen molar-refractivity contribution in [1.29, 1.82) is 0 Å². The normalized spacial score (nSPS) is 11.4. The first-order chi connectivity index (χ1) is 14.2. The van der Waals surface area contributed by atoms with Gasteiger partial charge >= 0.3 is 0 Å². The molecular formula is C23H25N3O2S. The van der Waals surface area contributed by atoms with Crippen LogP contribution in [0.1, 0.15) is 21.7 Å². The summed E-state index contributed by atoms with van der Waals surface area (Å²) < 4.78 is 0. The number of carbonyl (C=O) groups excluding carboxylic acids is 2.